The minimum absolute atomic E-state index is 0.192. The molecule has 0 aliphatic rings. The molecule has 18 heavy (non-hydrogen) atoms. The fourth-order valence-electron chi connectivity index (χ4n) is 1.08. The molecular formula is C11H22N4O3. The highest BCUT2D eigenvalue weighted by Crippen LogP contribution is 1.96. The molecule has 0 aliphatic heterocycles. The van der Waals surface area contributed by atoms with Crippen LogP contribution in [-0.4, -0.2) is 35.4 Å². The van der Waals surface area contributed by atoms with Gasteiger partial charge in [0.05, 0.1) is 5.92 Å². The Hall–Kier alpha value is -1.79. The Kier molecular flexibility index (Phi) is 6.77. The average Bonchev–Trinajstić information content (AvgIpc) is 2.33. The van der Waals surface area contributed by atoms with E-state index < -0.39 is 17.9 Å². The molecule has 7 heteroatoms. The number of amides is 2. The maximum absolute atomic E-state index is 11.6. The largest absolute Gasteiger partial charge is 0.409 e. The first-order valence-corrected chi connectivity index (χ1v) is 5.85. The minimum atomic E-state index is -0.782. The third-order valence-corrected chi connectivity index (χ3v) is 2.39. The zero-order chi connectivity index (χ0) is 14.3. The van der Waals surface area contributed by atoms with Crippen molar-refractivity contribution < 1.29 is 14.8 Å². The van der Waals surface area contributed by atoms with Crippen LogP contribution in [0.4, 0.5) is 0 Å². The molecule has 0 aromatic carbocycles. The molecule has 0 heterocycles. The fraction of sp³-hybridized carbons (Fsp3) is 0.727. The smallest absolute Gasteiger partial charge is 0.242 e. The lowest BCUT2D eigenvalue weighted by Crippen LogP contribution is -2.48. The topological polar surface area (TPSA) is 117 Å². The van der Waals surface area contributed by atoms with Crippen molar-refractivity contribution in [3.8, 4) is 0 Å². The molecule has 2 unspecified atom stereocenters. The Morgan fingerprint density at radius 3 is 2.22 bits per heavy atom. The Labute approximate surface area is 107 Å². The molecule has 0 bridgehead atoms. The van der Waals surface area contributed by atoms with Gasteiger partial charge in [-0.3, -0.25) is 9.59 Å². The summed E-state index contributed by atoms with van der Waals surface area (Å²) in [4.78, 5) is 23.2. The Morgan fingerprint density at radius 1 is 1.22 bits per heavy atom. The summed E-state index contributed by atoms with van der Waals surface area (Å²) in [6.45, 7) is 7.57. The van der Waals surface area contributed by atoms with E-state index in [2.05, 4.69) is 15.8 Å². The molecule has 2 amide bonds. The highest BCUT2D eigenvalue weighted by Gasteiger charge is 2.22. The summed E-state index contributed by atoms with van der Waals surface area (Å²) in [6, 6.07) is -0.662. The summed E-state index contributed by atoms with van der Waals surface area (Å²) < 4.78 is 0. The van der Waals surface area contributed by atoms with Gasteiger partial charge in [0.25, 0.3) is 0 Å². The maximum Gasteiger partial charge on any atom is 0.242 e. The van der Waals surface area contributed by atoms with Gasteiger partial charge in [0.15, 0.2) is 5.84 Å². The predicted molar refractivity (Wildman–Crippen MR) is 68.0 cm³/mol. The molecule has 7 nitrogen and oxygen atoms in total. The van der Waals surface area contributed by atoms with Crippen molar-refractivity contribution >= 4 is 17.6 Å². The number of nitrogens with two attached hydrogens (primary N) is 1. The third kappa shape index (κ3) is 5.51. The molecule has 0 saturated carbocycles. The van der Waals surface area contributed by atoms with Gasteiger partial charge < -0.3 is 21.6 Å². The molecule has 5 N–H and O–H groups in total. The zero-order valence-corrected chi connectivity index (χ0v) is 11.2. The molecular weight excluding hydrogens is 236 g/mol. The third-order valence-electron chi connectivity index (χ3n) is 2.39. The van der Waals surface area contributed by atoms with Gasteiger partial charge in [0.2, 0.25) is 11.8 Å². The molecule has 2 atom stereocenters. The van der Waals surface area contributed by atoms with Crippen LogP contribution in [-0.2, 0) is 9.59 Å². The highest BCUT2D eigenvalue weighted by molar-refractivity contribution is 6.02. The summed E-state index contributed by atoms with van der Waals surface area (Å²) >= 11 is 0. The molecule has 0 aliphatic carbocycles. The van der Waals surface area contributed by atoms with E-state index in [9.17, 15) is 9.59 Å². The van der Waals surface area contributed by atoms with E-state index in [1.807, 2.05) is 13.8 Å². The van der Waals surface area contributed by atoms with Gasteiger partial charge in [-0.2, -0.15) is 0 Å². The van der Waals surface area contributed by atoms with Crippen LogP contribution in [0.3, 0.4) is 0 Å². The molecule has 0 saturated heterocycles. The van der Waals surface area contributed by atoms with Gasteiger partial charge in [-0.1, -0.05) is 19.0 Å². The molecule has 0 rings (SSSR count). The number of oxime groups is 1. The SMILES string of the molecule is CC(C)CNC(=O)C(C)NC(=O)C(C)C(N)=NO. The number of carbonyl (C=O) groups is 2. The van der Waals surface area contributed by atoms with Crippen LogP contribution in [0, 0.1) is 11.8 Å². The Morgan fingerprint density at radius 2 is 1.78 bits per heavy atom. The van der Waals surface area contributed by atoms with E-state index in [0.29, 0.717) is 12.5 Å². The molecule has 0 fully saturated rings. The van der Waals surface area contributed by atoms with Crippen LogP contribution in [0.1, 0.15) is 27.7 Å². The van der Waals surface area contributed by atoms with Gasteiger partial charge in [-0.15, -0.1) is 0 Å². The van der Waals surface area contributed by atoms with Crippen molar-refractivity contribution in [1.82, 2.24) is 10.6 Å². The van der Waals surface area contributed by atoms with E-state index in [-0.39, 0.29) is 11.7 Å². The lowest BCUT2D eigenvalue weighted by Gasteiger charge is -2.17. The second-order valence-corrected chi connectivity index (χ2v) is 4.62. The van der Waals surface area contributed by atoms with Crippen molar-refractivity contribution in [3.05, 3.63) is 0 Å². The highest BCUT2D eigenvalue weighted by atomic mass is 16.4. The number of nitrogens with zero attached hydrogens (tertiary/aromatic N) is 1. The average molecular weight is 258 g/mol. The first-order chi connectivity index (χ1) is 8.29. The number of amidine groups is 1. The van der Waals surface area contributed by atoms with E-state index in [0.717, 1.165) is 0 Å². The second-order valence-electron chi connectivity index (χ2n) is 4.62. The minimum Gasteiger partial charge on any atom is -0.409 e. The Bertz CT molecular complexity index is 328. The summed E-state index contributed by atoms with van der Waals surface area (Å²) in [5.74, 6) is -1.35. The summed E-state index contributed by atoms with van der Waals surface area (Å²) in [5.41, 5.74) is 5.31. The summed E-state index contributed by atoms with van der Waals surface area (Å²) in [7, 11) is 0. The van der Waals surface area contributed by atoms with E-state index in [4.69, 9.17) is 10.9 Å². The van der Waals surface area contributed by atoms with Crippen molar-refractivity contribution in [3.63, 3.8) is 0 Å². The quantitative estimate of drug-likeness (QED) is 0.225. The molecule has 0 aromatic heterocycles. The van der Waals surface area contributed by atoms with Gasteiger partial charge in [-0.25, -0.2) is 0 Å². The van der Waals surface area contributed by atoms with Gasteiger partial charge in [-0.05, 0) is 19.8 Å². The van der Waals surface area contributed by atoms with Crippen molar-refractivity contribution in [2.75, 3.05) is 6.54 Å². The van der Waals surface area contributed by atoms with Crippen molar-refractivity contribution in [2.24, 2.45) is 22.7 Å². The number of hydrogen-bond acceptors (Lipinski definition) is 4. The number of hydrogen-bond donors (Lipinski definition) is 4. The fourth-order valence-corrected chi connectivity index (χ4v) is 1.08. The van der Waals surface area contributed by atoms with E-state index in [1.54, 1.807) is 6.92 Å². The monoisotopic (exact) mass is 258 g/mol. The van der Waals surface area contributed by atoms with Crippen molar-refractivity contribution in [2.45, 2.75) is 33.7 Å². The number of nitrogens with one attached hydrogen (secondary N) is 2. The summed E-state index contributed by atoms with van der Waals surface area (Å²) in [6.07, 6.45) is 0. The van der Waals surface area contributed by atoms with E-state index >= 15 is 0 Å². The first kappa shape index (κ1) is 16.2. The first-order valence-electron chi connectivity index (χ1n) is 5.85. The molecule has 104 valence electrons. The Balaban J connectivity index is 4.26. The van der Waals surface area contributed by atoms with Crippen LogP contribution < -0.4 is 16.4 Å². The summed E-state index contributed by atoms with van der Waals surface area (Å²) in [5, 5.41) is 16.4. The normalized spacial score (nSPS) is 15.1. The molecule has 0 aromatic rings. The van der Waals surface area contributed by atoms with Crippen LogP contribution in [0.2, 0.25) is 0 Å². The van der Waals surface area contributed by atoms with Crippen LogP contribution >= 0.6 is 0 Å². The molecule has 0 spiro atoms. The van der Waals surface area contributed by atoms with Crippen LogP contribution in [0.5, 0.6) is 0 Å². The second kappa shape index (κ2) is 7.52. The zero-order valence-electron chi connectivity index (χ0n) is 11.2. The lowest BCUT2D eigenvalue weighted by atomic mass is 10.1. The van der Waals surface area contributed by atoms with Crippen LogP contribution in [0.25, 0.3) is 0 Å². The van der Waals surface area contributed by atoms with Gasteiger partial charge in [0, 0.05) is 6.54 Å². The maximum atomic E-state index is 11.6. The van der Waals surface area contributed by atoms with E-state index in [1.165, 1.54) is 6.92 Å². The molecule has 0 radical (unpaired) electrons. The predicted octanol–water partition coefficient (Wildman–Crippen LogP) is -0.354. The van der Waals surface area contributed by atoms with Gasteiger partial charge in [0.1, 0.15) is 6.04 Å². The van der Waals surface area contributed by atoms with Crippen LogP contribution in [0.15, 0.2) is 5.16 Å². The number of carbonyl (C=O) groups excluding carboxylic acids is 2. The number of rotatable bonds is 6. The van der Waals surface area contributed by atoms with Crippen molar-refractivity contribution in [1.29, 1.82) is 0 Å². The van der Waals surface area contributed by atoms with Gasteiger partial charge >= 0.3 is 0 Å². The standard InChI is InChI=1S/C11H22N4O3/c1-6(2)5-13-11(17)8(4)14-10(16)7(3)9(12)15-18/h6-8,18H,5H2,1-4H3,(H2,12,15)(H,13,17)(H,14,16). The lowest BCUT2D eigenvalue weighted by molar-refractivity contribution is -0.129.